The van der Waals surface area contributed by atoms with Gasteiger partial charge in [-0.3, -0.25) is 9.67 Å². The van der Waals surface area contributed by atoms with Crippen molar-refractivity contribution in [2.24, 2.45) is 7.05 Å². The third-order valence-corrected chi connectivity index (χ3v) is 4.02. The van der Waals surface area contributed by atoms with Crippen LogP contribution in [0.3, 0.4) is 0 Å². The number of carboxylic acid groups (broad SMARTS) is 1. The molecule has 5 nitrogen and oxygen atoms in total. The minimum Gasteiger partial charge on any atom is -0.478 e. The number of aromatic carboxylic acids is 1. The molecule has 0 fully saturated rings. The minimum absolute atomic E-state index is 0.233. The number of hydrogen-bond acceptors (Lipinski definition) is 3. The van der Waals surface area contributed by atoms with Crippen LogP contribution in [-0.2, 0) is 7.05 Å². The van der Waals surface area contributed by atoms with E-state index in [4.69, 9.17) is 11.6 Å². The lowest BCUT2D eigenvalue weighted by atomic mass is 10.0. The lowest BCUT2D eigenvalue weighted by Crippen LogP contribution is -1.98. The second-order valence-corrected chi connectivity index (χ2v) is 5.50. The Balaban J connectivity index is 2.07. The van der Waals surface area contributed by atoms with Gasteiger partial charge < -0.3 is 5.11 Å². The number of halogens is 1. The summed E-state index contributed by atoms with van der Waals surface area (Å²) in [5.74, 6) is -0.972. The van der Waals surface area contributed by atoms with E-state index in [1.165, 1.54) is 0 Å². The van der Waals surface area contributed by atoms with E-state index in [1.54, 1.807) is 60.5 Å². The van der Waals surface area contributed by atoms with Crippen LogP contribution in [0.1, 0.15) is 21.5 Å². The Bertz CT molecular complexity index is 917. The van der Waals surface area contributed by atoms with E-state index < -0.39 is 5.97 Å². The Morgan fingerprint density at radius 2 is 2.00 bits per heavy atom. The standard InChI is InChI=1S/C18H14ClN3O2/c1-22-17(19)15(16(21-22)13-6-4-10-20-11-13)9-8-12-5-2-3-7-14(12)18(23)24/h2-11H,1H3,(H,23,24). The maximum atomic E-state index is 11.3. The Kier molecular flexibility index (Phi) is 4.44. The van der Waals surface area contributed by atoms with Crippen molar-refractivity contribution >= 4 is 29.7 Å². The Morgan fingerprint density at radius 3 is 2.71 bits per heavy atom. The first-order chi connectivity index (χ1) is 11.6. The lowest BCUT2D eigenvalue weighted by Gasteiger charge is -2.01. The van der Waals surface area contributed by atoms with E-state index in [-0.39, 0.29) is 5.56 Å². The summed E-state index contributed by atoms with van der Waals surface area (Å²) in [7, 11) is 1.75. The molecule has 0 saturated heterocycles. The average Bonchev–Trinajstić information content (AvgIpc) is 2.89. The van der Waals surface area contributed by atoms with Gasteiger partial charge in [0.1, 0.15) is 10.8 Å². The largest absolute Gasteiger partial charge is 0.478 e. The molecular weight excluding hydrogens is 326 g/mol. The molecule has 24 heavy (non-hydrogen) atoms. The second-order valence-electron chi connectivity index (χ2n) is 5.14. The van der Waals surface area contributed by atoms with E-state index >= 15 is 0 Å². The molecule has 0 radical (unpaired) electrons. The third kappa shape index (κ3) is 3.07. The Morgan fingerprint density at radius 1 is 1.21 bits per heavy atom. The van der Waals surface area contributed by atoms with Crippen LogP contribution in [0.15, 0.2) is 48.8 Å². The van der Waals surface area contributed by atoms with Crippen molar-refractivity contribution in [1.29, 1.82) is 0 Å². The summed E-state index contributed by atoms with van der Waals surface area (Å²) >= 11 is 6.34. The average molecular weight is 340 g/mol. The number of aryl methyl sites for hydroxylation is 1. The SMILES string of the molecule is Cn1nc(-c2cccnc2)c(C=Cc2ccccc2C(=O)O)c1Cl. The lowest BCUT2D eigenvalue weighted by molar-refractivity contribution is 0.0696. The molecule has 0 unspecified atom stereocenters. The van der Waals surface area contributed by atoms with E-state index in [1.807, 2.05) is 12.1 Å². The minimum atomic E-state index is -0.972. The van der Waals surface area contributed by atoms with Crippen molar-refractivity contribution in [2.45, 2.75) is 0 Å². The monoisotopic (exact) mass is 339 g/mol. The van der Waals surface area contributed by atoms with Crippen LogP contribution in [-0.4, -0.2) is 25.8 Å². The maximum absolute atomic E-state index is 11.3. The molecule has 2 aromatic heterocycles. The quantitative estimate of drug-likeness (QED) is 0.780. The van der Waals surface area contributed by atoms with E-state index in [0.29, 0.717) is 22.0 Å². The highest BCUT2D eigenvalue weighted by Gasteiger charge is 2.14. The first kappa shape index (κ1) is 16.0. The third-order valence-electron chi connectivity index (χ3n) is 3.57. The van der Waals surface area contributed by atoms with Crippen LogP contribution in [0.25, 0.3) is 23.4 Å². The summed E-state index contributed by atoms with van der Waals surface area (Å²) in [4.78, 5) is 15.4. The first-order valence-electron chi connectivity index (χ1n) is 7.21. The first-order valence-corrected chi connectivity index (χ1v) is 7.59. The summed E-state index contributed by atoms with van der Waals surface area (Å²) < 4.78 is 1.58. The highest BCUT2D eigenvalue weighted by atomic mass is 35.5. The molecule has 0 amide bonds. The van der Waals surface area contributed by atoms with Crippen molar-refractivity contribution in [3.63, 3.8) is 0 Å². The number of rotatable bonds is 4. The molecule has 0 spiro atoms. The summed E-state index contributed by atoms with van der Waals surface area (Å²) in [5, 5.41) is 14.2. The summed E-state index contributed by atoms with van der Waals surface area (Å²) in [6, 6.07) is 10.5. The van der Waals surface area contributed by atoms with Gasteiger partial charge in [-0.05, 0) is 29.8 Å². The number of aromatic nitrogens is 3. The molecule has 0 bridgehead atoms. The van der Waals surface area contributed by atoms with Crippen LogP contribution < -0.4 is 0 Å². The molecule has 0 saturated carbocycles. The summed E-state index contributed by atoms with van der Waals surface area (Å²) in [6.45, 7) is 0. The molecular formula is C18H14ClN3O2. The van der Waals surface area contributed by atoms with Gasteiger partial charge in [-0.25, -0.2) is 4.79 Å². The molecule has 0 atom stereocenters. The summed E-state index contributed by atoms with van der Waals surface area (Å²) in [5.41, 5.74) is 3.08. The Labute approximate surface area is 143 Å². The molecule has 0 aliphatic rings. The number of carboxylic acids is 1. The maximum Gasteiger partial charge on any atom is 0.336 e. The highest BCUT2D eigenvalue weighted by molar-refractivity contribution is 6.31. The van der Waals surface area contributed by atoms with Gasteiger partial charge >= 0.3 is 5.97 Å². The van der Waals surface area contributed by atoms with Gasteiger partial charge in [-0.15, -0.1) is 0 Å². The molecule has 1 N–H and O–H groups in total. The number of carbonyl (C=O) groups is 1. The van der Waals surface area contributed by atoms with Crippen molar-refractivity contribution in [2.75, 3.05) is 0 Å². The van der Waals surface area contributed by atoms with Crippen molar-refractivity contribution in [1.82, 2.24) is 14.8 Å². The van der Waals surface area contributed by atoms with Gasteiger partial charge in [0.25, 0.3) is 0 Å². The van der Waals surface area contributed by atoms with Crippen LogP contribution in [0.2, 0.25) is 5.15 Å². The van der Waals surface area contributed by atoms with E-state index in [0.717, 1.165) is 5.56 Å². The predicted octanol–water partition coefficient (Wildman–Crippen LogP) is 4.00. The predicted molar refractivity (Wildman–Crippen MR) is 93.8 cm³/mol. The Hall–Kier alpha value is -2.92. The van der Waals surface area contributed by atoms with Gasteiger partial charge in [0, 0.05) is 30.6 Å². The van der Waals surface area contributed by atoms with Crippen LogP contribution >= 0.6 is 11.6 Å². The smallest absolute Gasteiger partial charge is 0.336 e. The molecule has 0 aliphatic carbocycles. The van der Waals surface area contributed by atoms with Gasteiger partial charge in [0.15, 0.2) is 0 Å². The van der Waals surface area contributed by atoms with Gasteiger partial charge in [0.05, 0.1) is 5.56 Å². The van der Waals surface area contributed by atoms with Crippen molar-refractivity contribution in [3.8, 4) is 11.3 Å². The molecule has 6 heteroatoms. The second kappa shape index (κ2) is 6.68. The van der Waals surface area contributed by atoms with Gasteiger partial charge in [-0.2, -0.15) is 5.10 Å². The fourth-order valence-electron chi connectivity index (χ4n) is 2.39. The fourth-order valence-corrected chi connectivity index (χ4v) is 2.58. The molecule has 0 aliphatic heterocycles. The number of benzene rings is 1. The fraction of sp³-hybridized carbons (Fsp3) is 0.0556. The van der Waals surface area contributed by atoms with E-state index in [9.17, 15) is 9.90 Å². The number of hydrogen-bond donors (Lipinski definition) is 1. The zero-order chi connectivity index (χ0) is 17.1. The number of nitrogens with zero attached hydrogens (tertiary/aromatic N) is 3. The van der Waals surface area contributed by atoms with Crippen molar-refractivity contribution < 1.29 is 9.90 Å². The number of pyridine rings is 1. The van der Waals surface area contributed by atoms with Crippen LogP contribution in [0, 0.1) is 0 Å². The molecule has 3 rings (SSSR count). The zero-order valence-corrected chi connectivity index (χ0v) is 13.6. The molecule has 120 valence electrons. The molecule has 1 aromatic carbocycles. The van der Waals surface area contributed by atoms with Gasteiger partial charge in [-0.1, -0.05) is 35.9 Å². The molecule has 3 aromatic rings. The van der Waals surface area contributed by atoms with Crippen LogP contribution in [0.4, 0.5) is 0 Å². The summed E-state index contributed by atoms with van der Waals surface area (Å²) in [6.07, 6.45) is 6.90. The highest BCUT2D eigenvalue weighted by Crippen LogP contribution is 2.29. The molecule has 2 heterocycles. The van der Waals surface area contributed by atoms with E-state index in [2.05, 4.69) is 10.1 Å². The topological polar surface area (TPSA) is 68.0 Å². The zero-order valence-electron chi connectivity index (χ0n) is 12.8. The normalized spacial score (nSPS) is 11.1. The van der Waals surface area contributed by atoms with Gasteiger partial charge in [0.2, 0.25) is 0 Å². The van der Waals surface area contributed by atoms with Crippen molar-refractivity contribution in [3.05, 3.63) is 70.6 Å². The van der Waals surface area contributed by atoms with Crippen LogP contribution in [0.5, 0.6) is 0 Å².